The fraction of sp³-hybridized carbons (Fsp3) is 0.538. The van der Waals surface area contributed by atoms with Crippen molar-refractivity contribution in [3.8, 4) is 0 Å². The first-order valence-corrected chi connectivity index (χ1v) is 6.02. The molecule has 0 radical (unpaired) electrons. The Bertz CT molecular complexity index is 348. The quantitative estimate of drug-likeness (QED) is 0.623. The summed E-state index contributed by atoms with van der Waals surface area (Å²) in [5, 5.41) is 0.225. The molecule has 0 amide bonds. The number of alkyl halides is 1. The standard InChI is InChI=1S/C13H16ClF/c1-9-8-10(15)6-7-11(9)12-4-2-3-5-13(12)14/h6-8,12-13H,2-5H2,1H3. The molecule has 0 saturated heterocycles. The zero-order chi connectivity index (χ0) is 10.8. The van der Waals surface area contributed by atoms with E-state index < -0.39 is 0 Å². The van der Waals surface area contributed by atoms with E-state index in [1.807, 2.05) is 13.0 Å². The van der Waals surface area contributed by atoms with Gasteiger partial charge in [-0.15, -0.1) is 11.6 Å². The van der Waals surface area contributed by atoms with Crippen molar-refractivity contribution in [1.29, 1.82) is 0 Å². The molecule has 2 rings (SSSR count). The van der Waals surface area contributed by atoms with Crippen molar-refractivity contribution >= 4 is 11.6 Å². The summed E-state index contributed by atoms with van der Waals surface area (Å²) in [5.74, 6) is 0.263. The monoisotopic (exact) mass is 226 g/mol. The molecule has 82 valence electrons. The Hall–Kier alpha value is -0.560. The number of aryl methyl sites for hydroxylation is 1. The highest BCUT2D eigenvalue weighted by Crippen LogP contribution is 2.37. The van der Waals surface area contributed by atoms with E-state index in [0.29, 0.717) is 5.92 Å². The summed E-state index contributed by atoms with van der Waals surface area (Å²) >= 11 is 6.34. The Balaban J connectivity index is 2.27. The van der Waals surface area contributed by atoms with Crippen molar-refractivity contribution in [3.63, 3.8) is 0 Å². The van der Waals surface area contributed by atoms with Crippen molar-refractivity contribution in [2.75, 3.05) is 0 Å². The van der Waals surface area contributed by atoms with Crippen molar-refractivity contribution in [1.82, 2.24) is 0 Å². The number of hydrogen-bond donors (Lipinski definition) is 0. The van der Waals surface area contributed by atoms with Gasteiger partial charge in [0.2, 0.25) is 0 Å². The van der Waals surface area contributed by atoms with Gasteiger partial charge in [-0.3, -0.25) is 0 Å². The van der Waals surface area contributed by atoms with Crippen molar-refractivity contribution in [3.05, 3.63) is 35.1 Å². The van der Waals surface area contributed by atoms with E-state index in [9.17, 15) is 4.39 Å². The van der Waals surface area contributed by atoms with Crippen LogP contribution in [0.3, 0.4) is 0 Å². The van der Waals surface area contributed by atoms with Gasteiger partial charge in [0.25, 0.3) is 0 Å². The van der Waals surface area contributed by atoms with Crippen molar-refractivity contribution < 1.29 is 4.39 Å². The second kappa shape index (κ2) is 4.52. The summed E-state index contributed by atoms with van der Waals surface area (Å²) in [6.45, 7) is 1.97. The summed E-state index contributed by atoms with van der Waals surface area (Å²) in [6.07, 6.45) is 4.69. The summed E-state index contributed by atoms with van der Waals surface area (Å²) in [7, 11) is 0. The molecule has 1 saturated carbocycles. The van der Waals surface area contributed by atoms with Crippen LogP contribution in [0.4, 0.5) is 4.39 Å². The number of benzene rings is 1. The molecule has 0 aromatic heterocycles. The van der Waals surface area contributed by atoms with E-state index in [-0.39, 0.29) is 11.2 Å². The van der Waals surface area contributed by atoms with Crippen LogP contribution in [0.25, 0.3) is 0 Å². The van der Waals surface area contributed by atoms with Crippen LogP contribution in [0.1, 0.15) is 42.7 Å². The smallest absolute Gasteiger partial charge is 0.123 e. The fourth-order valence-corrected chi connectivity index (χ4v) is 2.91. The third-order valence-corrected chi connectivity index (χ3v) is 3.84. The molecule has 0 N–H and O–H groups in total. The Morgan fingerprint density at radius 1 is 1.27 bits per heavy atom. The van der Waals surface area contributed by atoms with Gasteiger partial charge in [0, 0.05) is 11.3 Å². The lowest BCUT2D eigenvalue weighted by Gasteiger charge is -2.28. The summed E-state index contributed by atoms with van der Waals surface area (Å²) in [6, 6.07) is 5.05. The van der Waals surface area contributed by atoms with Crippen LogP contribution in [0.15, 0.2) is 18.2 Å². The molecule has 0 nitrogen and oxygen atoms in total. The van der Waals surface area contributed by atoms with Crippen molar-refractivity contribution in [2.24, 2.45) is 0 Å². The van der Waals surface area contributed by atoms with Crippen LogP contribution in [0.2, 0.25) is 0 Å². The maximum Gasteiger partial charge on any atom is 0.123 e. The topological polar surface area (TPSA) is 0 Å². The van der Waals surface area contributed by atoms with Gasteiger partial charge in [-0.1, -0.05) is 18.9 Å². The third kappa shape index (κ3) is 2.34. The summed E-state index contributed by atoms with van der Waals surface area (Å²) in [4.78, 5) is 0. The minimum atomic E-state index is -0.154. The zero-order valence-electron chi connectivity index (χ0n) is 8.97. The fourth-order valence-electron chi connectivity index (χ4n) is 2.49. The van der Waals surface area contributed by atoms with Crippen LogP contribution in [0.5, 0.6) is 0 Å². The first kappa shape index (κ1) is 10.9. The molecule has 1 aromatic carbocycles. The van der Waals surface area contributed by atoms with Crippen LogP contribution in [-0.2, 0) is 0 Å². The molecule has 2 atom stereocenters. The molecule has 0 heterocycles. The normalized spacial score (nSPS) is 26.6. The molecular weight excluding hydrogens is 211 g/mol. The SMILES string of the molecule is Cc1cc(F)ccc1C1CCCCC1Cl. The van der Waals surface area contributed by atoms with E-state index in [4.69, 9.17) is 11.6 Å². The molecule has 2 heteroatoms. The van der Waals surface area contributed by atoms with Crippen LogP contribution in [-0.4, -0.2) is 5.38 Å². The Morgan fingerprint density at radius 2 is 2.00 bits per heavy atom. The van der Waals surface area contributed by atoms with Gasteiger partial charge in [0.15, 0.2) is 0 Å². The first-order chi connectivity index (χ1) is 7.18. The molecule has 0 bridgehead atoms. The van der Waals surface area contributed by atoms with E-state index in [1.165, 1.54) is 18.4 Å². The average molecular weight is 227 g/mol. The highest BCUT2D eigenvalue weighted by molar-refractivity contribution is 6.21. The predicted octanol–water partition coefficient (Wildman–Crippen LogP) is 4.40. The third-order valence-electron chi connectivity index (χ3n) is 3.31. The molecule has 1 aliphatic rings. The Morgan fingerprint density at radius 3 is 2.67 bits per heavy atom. The maximum absolute atomic E-state index is 13.0. The predicted molar refractivity (Wildman–Crippen MR) is 62.0 cm³/mol. The van der Waals surface area contributed by atoms with Gasteiger partial charge in [-0.25, -0.2) is 4.39 Å². The lowest BCUT2D eigenvalue weighted by atomic mass is 9.82. The molecule has 1 fully saturated rings. The first-order valence-electron chi connectivity index (χ1n) is 5.58. The van der Waals surface area contributed by atoms with E-state index in [2.05, 4.69) is 0 Å². The van der Waals surface area contributed by atoms with Gasteiger partial charge in [0.05, 0.1) is 0 Å². The average Bonchev–Trinajstić information content (AvgIpc) is 2.20. The lowest BCUT2D eigenvalue weighted by molar-refractivity contribution is 0.449. The largest absolute Gasteiger partial charge is 0.207 e. The number of halogens is 2. The zero-order valence-corrected chi connectivity index (χ0v) is 9.73. The van der Waals surface area contributed by atoms with E-state index in [0.717, 1.165) is 18.4 Å². The molecular formula is C13H16ClF. The Labute approximate surface area is 95.4 Å². The van der Waals surface area contributed by atoms with Crippen LogP contribution in [0, 0.1) is 12.7 Å². The molecule has 1 aromatic rings. The maximum atomic E-state index is 13.0. The van der Waals surface area contributed by atoms with Gasteiger partial charge in [0.1, 0.15) is 5.82 Å². The highest BCUT2D eigenvalue weighted by Gasteiger charge is 2.25. The van der Waals surface area contributed by atoms with Crippen LogP contribution < -0.4 is 0 Å². The van der Waals surface area contributed by atoms with E-state index in [1.54, 1.807) is 12.1 Å². The number of hydrogen-bond acceptors (Lipinski definition) is 0. The van der Waals surface area contributed by atoms with Crippen LogP contribution >= 0.6 is 11.6 Å². The van der Waals surface area contributed by atoms with Gasteiger partial charge in [-0.05, 0) is 43.0 Å². The van der Waals surface area contributed by atoms with E-state index >= 15 is 0 Å². The van der Waals surface area contributed by atoms with Crippen molar-refractivity contribution in [2.45, 2.75) is 43.9 Å². The second-order valence-corrected chi connectivity index (χ2v) is 4.97. The minimum Gasteiger partial charge on any atom is -0.207 e. The Kier molecular flexibility index (Phi) is 3.30. The summed E-state index contributed by atoms with van der Waals surface area (Å²) < 4.78 is 13.0. The van der Waals surface area contributed by atoms with Gasteiger partial charge in [-0.2, -0.15) is 0 Å². The summed E-state index contributed by atoms with van der Waals surface area (Å²) in [5.41, 5.74) is 2.27. The second-order valence-electron chi connectivity index (χ2n) is 4.41. The van der Waals surface area contributed by atoms with Gasteiger partial charge < -0.3 is 0 Å². The molecule has 2 unspecified atom stereocenters. The minimum absolute atomic E-state index is 0.154. The lowest BCUT2D eigenvalue weighted by Crippen LogP contribution is -2.18. The van der Waals surface area contributed by atoms with Gasteiger partial charge >= 0.3 is 0 Å². The molecule has 1 aliphatic carbocycles. The molecule has 0 spiro atoms. The number of rotatable bonds is 1. The molecule has 0 aliphatic heterocycles. The highest BCUT2D eigenvalue weighted by atomic mass is 35.5. The molecule has 15 heavy (non-hydrogen) atoms.